The predicted octanol–water partition coefficient (Wildman–Crippen LogP) is 3.82. The van der Waals surface area contributed by atoms with E-state index in [0.717, 1.165) is 23.4 Å². The molecule has 0 aliphatic carbocycles. The average Bonchev–Trinajstić information content (AvgIpc) is 2.37. The lowest BCUT2D eigenvalue weighted by Crippen LogP contribution is -1.97. The van der Waals surface area contributed by atoms with Gasteiger partial charge in [-0.05, 0) is 48.2 Å². The van der Waals surface area contributed by atoms with E-state index in [-0.39, 0.29) is 0 Å². The summed E-state index contributed by atoms with van der Waals surface area (Å²) >= 11 is 5.92. The van der Waals surface area contributed by atoms with Crippen LogP contribution in [0.2, 0.25) is 5.02 Å². The lowest BCUT2D eigenvalue weighted by atomic mass is 10.0. The van der Waals surface area contributed by atoms with E-state index in [1.165, 1.54) is 5.56 Å². The van der Waals surface area contributed by atoms with Crippen molar-refractivity contribution >= 4 is 17.6 Å². The number of hydrogen-bond donors (Lipinski definition) is 1. The van der Waals surface area contributed by atoms with Crippen LogP contribution in [-0.4, -0.2) is 11.1 Å². The topological polar surface area (TPSA) is 37.3 Å². The summed E-state index contributed by atoms with van der Waals surface area (Å²) in [5.74, 6) is -0.892. The maximum absolute atomic E-state index is 10.7. The Morgan fingerprint density at radius 1 is 1.00 bits per heavy atom. The molecule has 0 fully saturated rings. The summed E-state index contributed by atoms with van der Waals surface area (Å²) in [6.45, 7) is 0. The number of benzene rings is 2. The van der Waals surface area contributed by atoms with Crippen molar-refractivity contribution < 1.29 is 9.90 Å². The second-order valence-corrected chi connectivity index (χ2v) is 4.57. The second-order valence-electron chi connectivity index (χ2n) is 4.13. The van der Waals surface area contributed by atoms with E-state index in [1.54, 1.807) is 12.1 Å². The Kier molecular flexibility index (Phi) is 4.00. The highest BCUT2D eigenvalue weighted by atomic mass is 35.5. The maximum atomic E-state index is 10.7. The first-order valence-electron chi connectivity index (χ1n) is 5.72. The van der Waals surface area contributed by atoms with E-state index in [2.05, 4.69) is 0 Å². The fourth-order valence-electron chi connectivity index (χ4n) is 1.80. The molecule has 0 unspecified atom stereocenters. The molecule has 0 heterocycles. The minimum absolute atomic E-state index is 0.321. The van der Waals surface area contributed by atoms with Gasteiger partial charge < -0.3 is 5.11 Å². The van der Waals surface area contributed by atoms with Gasteiger partial charge in [-0.1, -0.05) is 35.9 Å². The largest absolute Gasteiger partial charge is 0.478 e. The van der Waals surface area contributed by atoms with Crippen LogP contribution in [0.5, 0.6) is 0 Å². The van der Waals surface area contributed by atoms with Crippen LogP contribution in [0.1, 0.15) is 21.5 Å². The molecule has 0 amide bonds. The summed E-state index contributed by atoms with van der Waals surface area (Å²) in [5.41, 5.74) is 2.63. The lowest BCUT2D eigenvalue weighted by molar-refractivity contribution is 0.0697. The van der Waals surface area contributed by atoms with Crippen molar-refractivity contribution in [2.75, 3.05) is 0 Å². The monoisotopic (exact) mass is 260 g/mol. The minimum atomic E-state index is -0.892. The molecule has 0 aliphatic rings. The summed E-state index contributed by atoms with van der Waals surface area (Å²) in [5, 5.41) is 9.54. The molecule has 0 atom stereocenters. The Labute approximate surface area is 111 Å². The summed E-state index contributed by atoms with van der Waals surface area (Å²) < 4.78 is 0. The van der Waals surface area contributed by atoms with Crippen LogP contribution in [-0.2, 0) is 12.8 Å². The molecule has 1 N–H and O–H groups in total. The van der Waals surface area contributed by atoms with Gasteiger partial charge >= 0.3 is 5.97 Å². The molecule has 18 heavy (non-hydrogen) atoms. The van der Waals surface area contributed by atoms with E-state index in [0.29, 0.717) is 5.56 Å². The third-order valence-corrected chi connectivity index (χ3v) is 3.03. The van der Waals surface area contributed by atoms with Gasteiger partial charge in [-0.25, -0.2) is 4.79 Å². The zero-order chi connectivity index (χ0) is 13.0. The molecule has 0 bridgehead atoms. The Hall–Kier alpha value is -1.80. The lowest BCUT2D eigenvalue weighted by Gasteiger charge is -2.03. The summed E-state index contributed by atoms with van der Waals surface area (Å²) in [4.78, 5) is 10.7. The van der Waals surface area contributed by atoms with Crippen molar-refractivity contribution in [1.82, 2.24) is 0 Å². The van der Waals surface area contributed by atoms with Crippen LogP contribution in [0, 0.1) is 0 Å². The van der Waals surface area contributed by atoms with Gasteiger partial charge in [-0.15, -0.1) is 0 Å². The van der Waals surface area contributed by atoms with Crippen molar-refractivity contribution in [1.29, 1.82) is 0 Å². The Morgan fingerprint density at radius 3 is 2.28 bits per heavy atom. The van der Waals surface area contributed by atoms with E-state index in [9.17, 15) is 4.79 Å². The van der Waals surface area contributed by atoms with Gasteiger partial charge in [0.05, 0.1) is 5.56 Å². The van der Waals surface area contributed by atoms with Gasteiger partial charge in [0.1, 0.15) is 0 Å². The zero-order valence-electron chi connectivity index (χ0n) is 9.77. The minimum Gasteiger partial charge on any atom is -0.478 e. The SMILES string of the molecule is O=C(O)c1ccc(CCc2cccc(Cl)c2)cc1. The summed E-state index contributed by atoms with van der Waals surface area (Å²) in [7, 11) is 0. The first kappa shape index (κ1) is 12.7. The van der Waals surface area contributed by atoms with Gasteiger partial charge in [0.15, 0.2) is 0 Å². The van der Waals surface area contributed by atoms with E-state index in [4.69, 9.17) is 16.7 Å². The third-order valence-electron chi connectivity index (χ3n) is 2.79. The van der Waals surface area contributed by atoms with Crippen LogP contribution in [0.3, 0.4) is 0 Å². The Balaban J connectivity index is 2.00. The number of rotatable bonds is 4. The first-order valence-corrected chi connectivity index (χ1v) is 6.09. The van der Waals surface area contributed by atoms with Crippen molar-refractivity contribution in [3.63, 3.8) is 0 Å². The molecule has 92 valence electrons. The van der Waals surface area contributed by atoms with Gasteiger partial charge in [0.2, 0.25) is 0 Å². The van der Waals surface area contributed by atoms with Gasteiger partial charge in [-0.2, -0.15) is 0 Å². The molecular formula is C15H13ClO2. The molecule has 0 radical (unpaired) electrons. The molecule has 2 nitrogen and oxygen atoms in total. The second kappa shape index (κ2) is 5.69. The maximum Gasteiger partial charge on any atom is 0.335 e. The van der Waals surface area contributed by atoms with Gasteiger partial charge in [-0.3, -0.25) is 0 Å². The van der Waals surface area contributed by atoms with Crippen LogP contribution >= 0.6 is 11.6 Å². The zero-order valence-corrected chi connectivity index (χ0v) is 10.5. The molecule has 2 aromatic rings. The van der Waals surface area contributed by atoms with Gasteiger partial charge in [0, 0.05) is 5.02 Å². The summed E-state index contributed by atoms with van der Waals surface area (Å²) in [6.07, 6.45) is 1.77. The molecule has 0 aliphatic heterocycles. The van der Waals surface area contributed by atoms with Gasteiger partial charge in [0.25, 0.3) is 0 Å². The fourth-order valence-corrected chi connectivity index (χ4v) is 2.01. The number of carboxylic acids is 1. The molecular weight excluding hydrogens is 248 g/mol. The van der Waals surface area contributed by atoms with Crippen LogP contribution in [0.25, 0.3) is 0 Å². The molecule has 0 saturated heterocycles. The third kappa shape index (κ3) is 3.34. The van der Waals surface area contributed by atoms with Crippen LogP contribution in [0.4, 0.5) is 0 Å². The quantitative estimate of drug-likeness (QED) is 0.907. The molecule has 0 saturated carbocycles. The summed E-state index contributed by atoms with van der Waals surface area (Å²) in [6, 6.07) is 14.8. The van der Waals surface area contributed by atoms with Crippen LogP contribution < -0.4 is 0 Å². The highest BCUT2D eigenvalue weighted by Crippen LogP contribution is 2.13. The predicted molar refractivity (Wildman–Crippen MR) is 72.3 cm³/mol. The number of carbonyl (C=O) groups is 1. The highest BCUT2D eigenvalue weighted by Gasteiger charge is 2.02. The molecule has 2 aromatic carbocycles. The number of hydrogen-bond acceptors (Lipinski definition) is 1. The number of aromatic carboxylic acids is 1. The molecule has 3 heteroatoms. The number of carboxylic acid groups (broad SMARTS) is 1. The molecule has 2 rings (SSSR count). The molecule has 0 spiro atoms. The Bertz CT molecular complexity index is 547. The molecule has 0 aromatic heterocycles. The van der Waals surface area contributed by atoms with Crippen molar-refractivity contribution in [2.45, 2.75) is 12.8 Å². The van der Waals surface area contributed by atoms with Crippen molar-refractivity contribution in [3.8, 4) is 0 Å². The normalized spacial score (nSPS) is 10.3. The number of halogens is 1. The van der Waals surface area contributed by atoms with Crippen molar-refractivity contribution in [3.05, 3.63) is 70.2 Å². The number of aryl methyl sites for hydroxylation is 2. The van der Waals surface area contributed by atoms with E-state index < -0.39 is 5.97 Å². The fraction of sp³-hybridized carbons (Fsp3) is 0.133. The first-order chi connectivity index (χ1) is 8.65. The van der Waals surface area contributed by atoms with Crippen molar-refractivity contribution in [2.24, 2.45) is 0 Å². The highest BCUT2D eigenvalue weighted by molar-refractivity contribution is 6.30. The van der Waals surface area contributed by atoms with E-state index in [1.807, 2.05) is 36.4 Å². The van der Waals surface area contributed by atoms with Crippen LogP contribution in [0.15, 0.2) is 48.5 Å². The standard InChI is InChI=1S/C15H13ClO2/c16-14-3-1-2-12(10-14)5-4-11-6-8-13(9-7-11)15(17)18/h1-3,6-10H,4-5H2,(H,17,18). The smallest absolute Gasteiger partial charge is 0.335 e. The van der Waals surface area contributed by atoms with E-state index >= 15 is 0 Å². The average molecular weight is 261 g/mol. The Morgan fingerprint density at radius 2 is 1.67 bits per heavy atom.